The number of aromatic amines is 1. The van der Waals surface area contributed by atoms with Crippen LogP contribution in [0.4, 0.5) is 4.39 Å². The third-order valence-electron chi connectivity index (χ3n) is 7.47. The Morgan fingerprint density at radius 1 is 1.23 bits per heavy atom. The van der Waals surface area contributed by atoms with Crippen LogP contribution >= 0.6 is 0 Å². The molecular formula is C23H29FN4O2. The van der Waals surface area contributed by atoms with Gasteiger partial charge in [-0.3, -0.25) is 14.5 Å². The maximum Gasteiger partial charge on any atom is 0.267 e. The van der Waals surface area contributed by atoms with Crippen LogP contribution in [0.25, 0.3) is 10.9 Å². The second-order valence-electron chi connectivity index (χ2n) is 9.20. The molecule has 0 radical (unpaired) electrons. The lowest BCUT2D eigenvalue weighted by atomic mass is 9.89. The fourth-order valence-corrected chi connectivity index (χ4v) is 5.83. The van der Waals surface area contributed by atoms with Gasteiger partial charge in [-0.15, -0.1) is 0 Å². The van der Waals surface area contributed by atoms with Gasteiger partial charge in [-0.25, -0.2) is 4.39 Å². The van der Waals surface area contributed by atoms with Gasteiger partial charge in [0.15, 0.2) is 0 Å². The number of nitrogens with one attached hydrogen (secondary N) is 2. The Morgan fingerprint density at radius 2 is 2.07 bits per heavy atom. The van der Waals surface area contributed by atoms with Crippen molar-refractivity contribution >= 4 is 22.7 Å². The minimum Gasteiger partial charge on any atom is -0.350 e. The zero-order valence-corrected chi connectivity index (χ0v) is 17.6. The van der Waals surface area contributed by atoms with Crippen LogP contribution in [-0.2, 0) is 4.79 Å². The first-order valence-corrected chi connectivity index (χ1v) is 11.0. The number of halogens is 1. The van der Waals surface area contributed by atoms with Crippen LogP contribution in [0.1, 0.15) is 54.6 Å². The van der Waals surface area contributed by atoms with Crippen LogP contribution in [0, 0.1) is 12.7 Å². The average Bonchev–Trinajstić information content (AvgIpc) is 3.42. The van der Waals surface area contributed by atoms with E-state index >= 15 is 0 Å². The molecule has 3 aliphatic rings. The van der Waals surface area contributed by atoms with Gasteiger partial charge in [0.2, 0.25) is 5.91 Å². The number of rotatable bonds is 3. The molecule has 2 amide bonds. The van der Waals surface area contributed by atoms with E-state index in [1.54, 1.807) is 12.1 Å². The number of benzene rings is 1. The van der Waals surface area contributed by atoms with Crippen LogP contribution in [0.5, 0.6) is 0 Å². The fourth-order valence-electron chi connectivity index (χ4n) is 5.83. The maximum atomic E-state index is 14.1. The number of likely N-dealkylation sites (tertiary alicyclic amines) is 2. The molecule has 3 heterocycles. The molecule has 30 heavy (non-hydrogen) atoms. The lowest BCUT2D eigenvalue weighted by Gasteiger charge is -2.38. The number of likely N-dealkylation sites (N-methyl/N-ethyl adjacent to an activating group) is 1. The molecule has 0 bridgehead atoms. The van der Waals surface area contributed by atoms with Crippen LogP contribution in [-0.4, -0.2) is 64.4 Å². The normalized spacial score (nSPS) is 29.6. The van der Waals surface area contributed by atoms with E-state index in [0.717, 1.165) is 44.2 Å². The zero-order valence-electron chi connectivity index (χ0n) is 17.6. The Bertz CT molecular complexity index is 963. The monoisotopic (exact) mass is 412 g/mol. The summed E-state index contributed by atoms with van der Waals surface area (Å²) in [6.07, 6.45) is 5.70. The van der Waals surface area contributed by atoms with E-state index in [9.17, 15) is 14.0 Å². The fraction of sp³-hybridized carbons (Fsp3) is 0.565. The van der Waals surface area contributed by atoms with Crippen molar-refractivity contribution in [1.29, 1.82) is 0 Å². The Balaban J connectivity index is 1.27. The lowest BCUT2D eigenvalue weighted by molar-refractivity contribution is -0.127. The van der Waals surface area contributed by atoms with Gasteiger partial charge in [0.05, 0.1) is 5.52 Å². The molecular weight excluding hydrogens is 383 g/mol. The number of amides is 2. The van der Waals surface area contributed by atoms with Gasteiger partial charge in [-0.05, 0) is 56.7 Å². The summed E-state index contributed by atoms with van der Waals surface area (Å²) in [6.45, 7) is 2.93. The zero-order chi connectivity index (χ0) is 21.0. The lowest BCUT2D eigenvalue weighted by Crippen LogP contribution is -2.48. The largest absolute Gasteiger partial charge is 0.350 e. The van der Waals surface area contributed by atoms with Crippen molar-refractivity contribution in [2.24, 2.45) is 0 Å². The van der Waals surface area contributed by atoms with Crippen LogP contribution in [0.3, 0.4) is 0 Å². The van der Waals surface area contributed by atoms with Gasteiger partial charge in [0, 0.05) is 49.6 Å². The number of carbonyl (C=O) groups is 2. The third-order valence-corrected chi connectivity index (χ3v) is 7.47. The Kier molecular flexibility index (Phi) is 4.81. The minimum atomic E-state index is -0.316. The molecule has 1 aromatic heterocycles. The molecule has 5 rings (SSSR count). The highest BCUT2D eigenvalue weighted by Gasteiger charge is 2.47. The number of aromatic nitrogens is 1. The Morgan fingerprint density at radius 3 is 2.87 bits per heavy atom. The van der Waals surface area contributed by atoms with Crippen molar-refractivity contribution in [3.8, 4) is 0 Å². The summed E-state index contributed by atoms with van der Waals surface area (Å²) in [7, 11) is 1.92. The first-order chi connectivity index (χ1) is 14.4. The summed E-state index contributed by atoms with van der Waals surface area (Å²) in [5, 5.41) is 3.63. The number of aryl methyl sites for hydroxylation is 1. The SMILES string of the molecule is Cc1ccc(F)c2cc(C(=O)N[C@@H]3CCC[C@H](N4CC[C@H]5[C@@H]4CC(=O)N5C)C3)[nH]c12. The quantitative estimate of drug-likeness (QED) is 0.815. The molecule has 2 aliphatic heterocycles. The number of hydrogen-bond acceptors (Lipinski definition) is 3. The molecule has 160 valence electrons. The van der Waals surface area contributed by atoms with E-state index in [1.165, 1.54) is 6.07 Å². The smallest absolute Gasteiger partial charge is 0.267 e. The van der Waals surface area contributed by atoms with Gasteiger partial charge >= 0.3 is 0 Å². The molecule has 2 saturated heterocycles. The van der Waals surface area contributed by atoms with Gasteiger partial charge in [0.1, 0.15) is 11.5 Å². The predicted octanol–water partition coefficient (Wildman–Crippen LogP) is 2.96. The molecule has 2 N–H and O–H groups in total. The summed E-state index contributed by atoms with van der Waals surface area (Å²) in [5.41, 5.74) is 2.01. The summed E-state index contributed by atoms with van der Waals surface area (Å²) < 4.78 is 14.1. The summed E-state index contributed by atoms with van der Waals surface area (Å²) in [5.74, 6) is -0.245. The second-order valence-corrected chi connectivity index (χ2v) is 9.20. The number of H-pyrrole nitrogens is 1. The van der Waals surface area contributed by atoms with Crippen molar-refractivity contribution < 1.29 is 14.0 Å². The van der Waals surface area contributed by atoms with E-state index < -0.39 is 0 Å². The van der Waals surface area contributed by atoms with Crippen molar-refractivity contribution in [2.75, 3.05) is 13.6 Å². The minimum absolute atomic E-state index is 0.0995. The van der Waals surface area contributed by atoms with E-state index in [4.69, 9.17) is 0 Å². The molecule has 2 aromatic rings. The van der Waals surface area contributed by atoms with Crippen molar-refractivity contribution in [2.45, 2.75) is 69.6 Å². The van der Waals surface area contributed by atoms with E-state index in [-0.39, 0.29) is 23.7 Å². The molecule has 0 unspecified atom stereocenters. The standard InChI is InChI=1S/C23H29FN4O2/c1-13-6-7-17(24)16-11-18(26-22(13)16)23(30)25-14-4-3-5-15(10-14)28-9-8-19-20(28)12-21(29)27(19)2/h6-7,11,14-15,19-20,26H,3-5,8-10,12H2,1-2H3,(H,25,30)/t14-,15+,19+,20+/m1/s1. The van der Waals surface area contributed by atoms with Crippen molar-refractivity contribution in [1.82, 2.24) is 20.1 Å². The Hall–Kier alpha value is -2.41. The highest BCUT2D eigenvalue weighted by molar-refractivity contribution is 5.99. The van der Waals surface area contributed by atoms with Gasteiger partial charge in [-0.1, -0.05) is 6.07 Å². The van der Waals surface area contributed by atoms with Crippen molar-refractivity contribution in [3.63, 3.8) is 0 Å². The van der Waals surface area contributed by atoms with Crippen LogP contribution in [0.2, 0.25) is 0 Å². The highest BCUT2D eigenvalue weighted by atomic mass is 19.1. The summed E-state index contributed by atoms with van der Waals surface area (Å²) in [4.78, 5) is 32.5. The van der Waals surface area contributed by atoms with Gasteiger partial charge < -0.3 is 15.2 Å². The van der Waals surface area contributed by atoms with Crippen molar-refractivity contribution in [3.05, 3.63) is 35.3 Å². The maximum absolute atomic E-state index is 14.1. The first kappa shape index (κ1) is 19.5. The molecule has 7 heteroatoms. The first-order valence-electron chi connectivity index (χ1n) is 11.0. The van der Waals surface area contributed by atoms with E-state index in [0.29, 0.717) is 41.1 Å². The molecule has 3 fully saturated rings. The number of hydrogen-bond donors (Lipinski definition) is 2. The van der Waals surface area contributed by atoms with Gasteiger partial charge in [0.25, 0.3) is 5.91 Å². The molecule has 6 nitrogen and oxygen atoms in total. The highest BCUT2D eigenvalue weighted by Crippen LogP contribution is 2.36. The molecule has 1 saturated carbocycles. The summed E-state index contributed by atoms with van der Waals surface area (Å²) in [6, 6.07) is 5.93. The summed E-state index contributed by atoms with van der Waals surface area (Å²) >= 11 is 0. The number of carbonyl (C=O) groups excluding carboxylic acids is 2. The van der Waals surface area contributed by atoms with Gasteiger partial charge in [-0.2, -0.15) is 0 Å². The average molecular weight is 413 g/mol. The molecule has 1 aliphatic carbocycles. The second kappa shape index (κ2) is 7.38. The van der Waals surface area contributed by atoms with E-state index in [1.807, 2.05) is 18.9 Å². The number of fused-ring (bicyclic) bond motifs is 2. The molecule has 1 aromatic carbocycles. The number of nitrogens with zero attached hydrogens (tertiary/aromatic N) is 2. The molecule has 4 atom stereocenters. The van der Waals surface area contributed by atoms with Crippen LogP contribution in [0.15, 0.2) is 18.2 Å². The Labute approximate surface area is 175 Å². The predicted molar refractivity (Wildman–Crippen MR) is 113 cm³/mol. The topological polar surface area (TPSA) is 68.4 Å². The molecule has 0 spiro atoms. The van der Waals surface area contributed by atoms with E-state index in [2.05, 4.69) is 15.2 Å². The van der Waals surface area contributed by atoms with Crippen LogP contribution < -0.4 is 5.32 Å². The third kappa shape index (κ3) is 3.20.